The summed E-state index contributed by atoms with van der Waals surface area (Å²) in [5, 5.41) is 8.79. The third-order valence-electron chi connectivity index (χ3n) is 1.96. The third-order valence-corrected chi connectivity index (χ3v) is 1.96. The topological polar surface area (TPSA) is 62.4 Å². The van der Waals surface area contributed by atoms with Gasteiger partial charge in [0.05, 0.1) is 6.61 Å². The second-order valence-electron chi connectivity index (χ2n) is 3.50. The first-order chi connectivity index (χ1) is 6.72. The van der Waals surface area contributed by atoms with Gasteiger partial charge in [0.2, 0.25) is 0 Å². The highest BCUT2D eigenvalue weighted by atomic mass is 16.3. The van der Waals surface area contributed by atoms with Gasteiger partial charge in [0.25, 0.3) is 0 Å². The quantitative estimate of drug-likeness (QED) is 0.685. The van der Waals surface area contributed by atoms with E-state index in [9.17, 15) is 0 Å². The Labute approximate surface area is 84.4 Å². The summed E-state index contributed by atoms with van der Waals surface area (Å²) in [5.41, 5.74) is 6.77. The lowest BCUT2D eigenvalue weighted by Gasteiger charge is -2.19. The van der Waals surface area contributed by atoms with Crippen LogP contribution in [0.1, 0.15) is 5.56 Å². The fourth-order valence-corrected chi connectivity index (χ4v) is 1.33. The van der Waals surface area contributed by atoms with Gasteiger partial charge in [0.15, 0.2) is 0 Å². The smallest absolute Gasteiger partial charge is 0.0595 e. The number of aromatic nitrogens is 1. The van der Waals surface area contributed by atoms with Crippen molar-refractivity contribution in [3.63, 3.8) is 0 Å². The SMILES string of the molecule is CN(Cc1cccnc1)CC(N)CO. The number of nitrogens with zero attached hydrogens (tertiary/aromatic N) is 2. The molecule has 0 radical (unpaired) electrons. The normalized spacial score (nSPS) is 13.1. The molecule has 4 heteroatoms. The maximum Gasteiger partial charge on any atom is 0.0595 e. The van der Waals surface area contributed by atoms with E-state index in [2.05, 4.69) is 9.88 Å². The zero-order valence-corrected chi connectivity index (χ0v) is 8.43. The Bertz CT molecular complexity index is 253. The fraction of sp³-hybridized carbons (Fsp3) is 0.500. The number of aliphatic hydroxyl groups is 1. The molecule has 0 aromatic carbocycles. The molecule has 0 aliphatic rings. The molecule has 0 aliphatic carbocycles. The molecule has 78 valence electrons. The lowest BCUT2D eigenvalue weighted by molar-refractivity contribution is 0.218. The van der Waals surface area contributed by atoms with Gasteiger partial charge in [-0.3, -0.25) is 4.98 Å². The van der Waals surface area contributed by atoms with Crippen LogP contribution < -0.4 is 5.73 Å². The van der Waals surface area contributed by atoms with Crippen LogP contribution in [0.5, 0.6) is 0 Å². The lowest BCUT2D eigenvalue weighted by Crippen LogP contribution is -2.37. The Balaban J connectivity index is 2.37. The Morgan fingerprint density at radius 1 is 1.64 bits per heavy atom. The van der Waals surface area contributed by atoms with Crippen LogP contribution in [0.25, 0.3) is 0 Å². The highest BCUT2D eigenvalue weighted by molar-refractivity contribution is 5.07. The van der Waals surface area contributed by atoms with Gasteiger partial charge >= 0.3 is 0 Å². The minimum Gasteiger partial charge on any atom is -0.395 e. The first kappa shape index (κ1) is 11.1. The molecule has 1 rings (SSSR count). The minimum atomic E-state index is -0.170. The number of hydrogen-bond acceptors (Lipinski definition) is 4. The summed E-state index contributed by atoms with van der Waals surface area (Å²) in [7, 11) is 1.97. The largest absolute Gasteiger partial charge is 0.395 e. The lowest BCUT2D eigenvalue weighted by atomic mass is 10.2. The van der Waals surface area contributed by atoms with Crippen LogP contribution in [0.15, 0.2) is 24.5 Å². The Kier molecular flexibility index (Phi) is 4.52. The molecule has 1 heterocycles. The molecule has 1 aromatic rings. The van der Waals surface area contributed by atoms with E-state index in [1.54, 1.807) is 6.20 Å². The Morgan fingerprint density at radius 3 is 3.00 bits per heavy atom. The van der Waals surface area contributed by atoms with Crippen molar-refractivity contribution < 1.29 is 5.11 Å². The number of nitrogens with two attached hydrogens (primary N) is 1. The summed E-state index contributed by atoms with van der Waals surface area (Å²) < 4.78 is 0. The molecule has 14 heavy (non-hydrogen) atoms. The van der Waals surface area contributed by atoms with E-state index in [1.807, 2.05) is 25.4 Å². The van der Waals surface area contributed by atoms with E-state index >= 15 is 0 Å². The summed E-state index contributed by atoms with van der Waals surface area (Å²) in [6, 6.07) is 3.76. The zero-order chi connectivity index (χ0) is 10.4. The summed E-state index contributed by atoms with van der Waals surface area (Å²) in [6.45, 7) is 1.52. The van der Waals surface area contributed by atoms with Crippen LogP contribution in [0.3, 0.4) is 0 Å². The van der Waals surface area contributed by atoms with Crippen LogP contribution in [0.4, 0.5) is 0 Å². The van der Waals surface area contributed by atoms with Crippen molar-refractivity contribution in [3.8, 4) is 0 Å². The minimum absolute atomic E-state index is 0.0252. The van der Waals surface area contributed by atoms with E-state index in [-0.39, 0.29) is 12.6 Å². The van der Waals surface area contributed by atoms with Crippen molar-refractivity contribution in [1.82, 2.24) is 9.88 Å². The van der Waals surface area contributed by atoms with Crippen molar-refractivity contribution in [3.05, 3.63) is 30.1 Å². The van der Waals surface area contributed by atoms with E-state index in [0.717, 1.165) is 12.1 Å². The second-order valence-corrected chi connectivity index (χ2v) is 3.50. The third kappa shape index (κ3) is 3.83. The summed E-state index contributed by atoms with van der Waals surface area (Å²) in [4.78, 5) is 6.10. The zero-order valence-electron chi connectivity index (χ0n) is 8.43. The van der Waals surface area contributed by atoms with Crippen molar-refractivity contribution in [2.24, 2.45) is 5.73 Å². The summed E-state index contributed by atoms with van der Waals surface area (Å²) >= 11 is 0. The molecule has 0 saturated carbocycles. The van der Waals surface area contributed by atoms with Crippen LogP contribution in [0, 0.1) is 0 Å². The second kappa shape index (κ2) is 5.70. The fourth-order valence-electron chi connectivity index (χ4n) is 1.33. The highest BCUT2D eigenvalue weighted by Crippen LogP contribution is 2.00. The maximum absolute atomic E-state index is 8.79. The first-order valence-electron chi connectivity index (χ1n) is 4.66. The van der Waals surface area contributed by atoms with Crippen molar-refractivity contribution in [1.29, 1.82) is 0 Å². The van der Waals surface area contributed by atoms with Gasteiger partial charge in [-0.15, -0.1) is 0 Å². The van der Waals surface area contributed by atoms with Crippen LogP contribution in [-0.4, -0.2) is 41.2 Å². The van der Waals surface area contributed by atoms with E-state index in [0.29, 0.717) is 6.54 Å². The van der Waals surface area contributed by atoms with Crippen molar-refractivity contribution in [2.75, 3.05) is 20.2 Å². The molecule has 0 amide bonds. The van der Waals surface area contributed by atoms with Gasteiger partial charge in [0.1, 0.15) is 0 Å². The molecule has 0 fully saturated rings. The highest BCUT2D eigenvalue weighted by Gasteiger charge is 2.05. The molecule has 0 spiro atoms. The first-order valence-corrected chi connectivity index (χ1v) is 4.66. The molecular formula is C10H17N3O. The van der Waals surface area contributed by atoms with E-state index in [1.165, 1.54) is 0 Å². The van der Waals surface area contributed by atoms with E-state index < -0.39 is 0 Å². The maximum atomic E-state index is 8.79. The average Bonchev–Trinajstić information content (AvgIpc) is 2.19. The molecule has 1 unspecified atom stereocenters. The molecule has 0 aliphatic heterocycles. The van der Waals surface area contributed by atoms with Crippen LogP contribution in [0.2, 0.25) is 0 Å². The predicted octanol–water partition coefficient (Wildman–Crippen LogP) is -0.167. The van der Waals surface area contributed by atoms with Gasteiger partial charge in [-0.1, -0.05) is 6.07 Å². The molecular weight excluding hydrogens is 178 g/mol. The van der Waals surface area contributed by atoms with E-state index in [4.69, 9.17) is 10.8 Å². The molecule has 0 bridgehead atoms. The average molecular weight is 195 g/mol. The predicted molar refractivity (Wildman–Crippen MR) is 55.6 cm³/mol. The number of aliphatic hydroxyl groups excluding tert-OH is 1. The molecule has 1 aromatic heterocycles. The Morgan fingerprint density at radius 2 is 2.43 bits per heavy atom. The van der Waals surface area contributed by atoms with Gasteiger partial charge in [-0.2, -0.15) is 0 Å². The number of pyridine rings is 1. The van der Waals surface area contributed by atoms with Gasteiger partial charge < -0.3 is 15.7 Å². The molecule has 3 N–H and O–H groups in total. The van der Waals surface area contributed by atoms with Crippen LogP contribution in [-0.2, 0) is 6.54 Å². The summed E-state index contributed by atoms with van der Waals surface area (Å²) in [5.74, 6) is 0. The molecule has 1 atom stereocenters. The number of rotatable bonds is 5. The van der Waals surface area contributed by atoms with Crippen molar-refractivity contribution >= 4 is 0 Å². The molecule has 4 nitrogen and oxygen atoms in total. The Hall–Kier alpha value is -0.970. The molecule has 0 saturated heterocycles. The monoisotopic (exact) mass is 195 g/mol. The number of hydrogen-bond donors (Lipinski definition) is 2. The van der Waals surface area contributed by atoms with Gasteiger partial charge in [0, 0.05) is 31.5 Å². The summed E-state index contributed by atoms with van der Waals surface area (Å²) in [6.07, 6.45) is 3.59. The van der Waals surface area contributed by atoms with Crippen molar-refractivity contribution in [2.45, 2.75) is 12.6 Å². The number of likely N-dealkylation sites (N-methyl/N-ethyl adjacent to an activating group) is 1. The standard InChI is InChI=1S/C10H17N3O/c1-13(7-10(11)8-14)6-9-3-2-4-12-5-9/h2-5,10,14H,6-8,11H2,1H3. The van der Waals surface area contributed by atoms with Gasteiger partial charge in [-0.25, -0.2) is 0 Å². The van der Waals surface area contributed by atoms with Gasteiger partial charge in [-0.05, 0) is 18.7 Å². The van der Waals surface area contributed by atoms with Crippen LogP contribution >= 0.6 is 0 Å².